The lowest BCUT2D eigenvalue weighted by Gasteiger charge is -2.44. The van der Waals surface area contributed by atoms with Crippen molar-refractivity contribution in [2.75, 3.05) is 19.5 Å². The van der Waals surface area contributed by atoms with Gasteiger partial charge in [-0.2, -0.15) is 5.10 Å². The summed E-state index contributed by atoms with van der Waals surface area (Å²) in [7, 11) is 3.24. The van der Waals surface area contributed by atoms with E-state index in [-0.39, 0.29) is 11.9 Å². The Balaban J connectivity index is 1.56. The molecule has 1 amide bonds. The highest BCUT2D eigenvalue weighted by Crippen LogP contribution is 2.56. The van der Waals surface area contributed by atoms with Gasteiger partial charge in [-0.25, -0.2) is 5.01 Å². The summed E-state index contributed by atoms with van der Waals surface area (Å²) in [6.07, 6.45) is 0.619. The first-order valence-electron chi connectivity index (χ1n) is 10.5. The zero-order chi connectivity index (χ0) is 22.7. The number of rotatable bonds is 3. The number of nitrogens with zero attached hydrogens (tertiary/aromatic N) is 2. The van der Waals surface area contributed by atoms with Crippen LogP contribution in [0.1, 0.15) is 29.2 Å². The summed E-state index contributed by atoms with van der Waals surface area (Å²) in [6.45, 7) is 0. The van der Waals surface area contributed by atoms with Crippen molar-refractivity contribution in [3.63, 3.8) is 0 Å². The second-order valence-electron chi connectivity index (χ2n) is 8.11. The van der Waals surface area contributed by atoms with Crippen molar-refractivity contribution in [1.29, 1.82) is 0 Å². The van der Waals surface area contributed by atoms with Crippen molar-refractivity contribution in [3.8, 4) is 17.2 Å². The number of nitrogens with one attached hydrogen (secondary N) is 1. The third kappa shape index (κ3) is 2.80. The molecule has 6 rings (SSSR count). The van der Waals surface area contributed by atoms with E-state index < -0.39 is 5.72 Å². The second-order valence-corrected chi connectivity index (χ2v) is 9.02. The van der Waals surface area contributed by atoms with Crippen molar-refractivity contribution in [3.05, 3.63) is 81.8 Å². The molecule has 3 aromatic carbocycles. The molecule has 33 heavy (non-hydrogen) atoms. The van der Waals surface area contributed by atoms with Gasteiger partial charge in [0.25, 0.3) is 5.91 Å². The SMILES string of the molecule is COc1ccc(C2=NN3[C@H](C2)c2cccc(OC)c2O[C@]32C(=O)Nc3ccc(Br)cc32)cc1. The number of benzene rings is 3. The quantitative estimate of drug-likeness (QED) is 0.552. The molecule has 8 heteroatoms. The number of ether oxygens (including phenoxy) is 3. The van der Waals surface area contributed by atoms with Gasteiger partial charge < -0.3 is 19.5 Å². The molecule has 1 N–H and O–H groups in total. The molecule has 0 saturated carbocycles. The molecule has 3 aromatic rings. The van der Waals surface area contributed by atoms with E-state index in [1.165, 1.54) is 0 Å². The van der Waals surface area contributed by atoms with Gasteiger partial charge in [-0.15, -0.1) is 0 Å². The molecule has 166 valence electrons. The van der Waals surface area contributed by atoms with Crippen molar-refractivity contribution >= 4 is 33.2 Å². The Bertz CT molecular complexity index is 1320. The number of fused-ring (bicyclic) bond motifs is 6. The minimum Gasteiger partial charge on any atom is -0.497 e. The van der Waals surface area contributed by atoms with Crippen LogP contribution in [0.4, 0.5) is 5.69 Å². The highest BCUT2D eigenvalue weighted by atomic mass is 79.9. The van der Waals surface area contributed by atoms with E-state index in [2.05, 4.69) is 21.2 Å². The molecule has 3 heterocycles. The van der Waals surface area contributed by atoms with Crippen LogP contribution in [0.3, 0.4) is 0 Å². The lowest BCUT2D eigenvalue weighted by molar-refractivity contribution is -0.161. The lowest BCUT2D eigenvalue weighted by Crippen LogP contribution is -2.55. The standard InChI is InChI=1S/C25H20BrN3O4/c1-31-16-9-6-14(7-10-16)20-13-21-17-4-3-5-22(32-2)23(17)33-25(29(21)28-20)18-12-15(26)8-11-19(18)27-24(25)30/h3-12,21H,13H2,1-2H3,(H,27,30)/t21-,25-/m1/s1. The smallest absolute Gasteiger partial charge is 0.306 e. The van der Waals surface area contributed by atoms with E-state index in [1.54, 1.807) is 14.2 Å². The Morgan fingerprint density at radius 1 is 1.12 bits per heavy atom. The van der Waals surface area contributed by atoms with Gasteiger partial charge in [0.05, 0.1) is 37.2 Å². The molecule has 0 bridgehead atoms. The highest BCUT2D eigenvalue weighted by Gasteiger charge is 2.61. The van der Waals surface area contributed by atoms with Crippen molar-refractivity contribution in [2.45, 2.75) is 18.2 Å². The van der Waals surface area contributed by atoms with Crippen LogP contribution >= 0.6 is 15.9 Å². The maximum Gasteiger partial charge on any atom is 0.306 e. The van der Waals surface area contributed by atoms with Gasteiger partial charge in [-0.3, -0.25) is 4.79 Å². The number of anilines is 1. The minimum atomic E-state index is -1.44. The Hall–Kier alpha value is -3.52. The zero-order valence-corrected chi connectivity index (χ0v) is 19.5. The van der Waals surface area contributed by atoms with Crippen molar-refractivity contribution in [1.82, 2.24) is 5.01 Å². The fraction of sp³-hybridized carbons (Fsp3) is 0.200. The van der Waals surface area contributed by atoms with E-state index in [0.29, 0.717) is 29.2 Å². The number of carbonyl (C=O) groups is 1. The number of hydrogen-bond acceptors (Lipinski definition) is 6. The number of hydrogen-bond donors (Lipinski definition) is 1. The van der Waals surface area contributed by atoms with E-state index in [1.807, 2.05) is 65.7 Å². The largest absolute Gasteiger partial charge is 0.497 e. The van der Waals surface area contributed by atoms with Crippen LogP contribution in [0.5, 0.6) is 17.2 Å². The van der Waals surface area contributed by atoms with Crippen LogP contribution in [0.15, 0.2) is 70.2 Å². The van der Waals surface area contributed by atoms with Gasteiger partial charge in [0.15, 0.2) is 11.5 Å². The first kappa shape index (κ1) is 20.1. The van der Waals surface area contributed by atoms with E-state index in [0.717, 1.165) is 27.1 Å². The molecule has 0 saturated heterocycles. The lowest BCUT2D eigenvalue weighted by atomic mass is 9.92. The summed E-state index contributed by atoms with van der Waals surface area (Å²) in [5.74, 6) is 1.65. The van der Waals surface area contributed by atoms with Crippen LogP contribution in [-0.4, -0.2) is 30.8 Å². The van der Waals surface area contributed by atoms with Crippen LogP contribution in [0.2, 0.25) is 0 Å². The molecule has 7 nitrogen and oxygen atoms in total. The predicted octanol–water partition coefficient (Wildman–Crippen LogP) is 4.81. The van der Waals surface area contributed by atoms with Crippen LogP contribution < -0.4 is 19.5 Å². The number of amides is 1. The van der Waals surface area contributed by atoms with Crippen molar-refractivity contribution < 1.29 is 19.0 Å². The topological polar surface area (TPSA) is 72.4 Å². The molecular formula is C25H20BrN3O4. The van der Waals surface area contributed by atoms with Gasteiger partial charge in [-0.1, -0.05) is 28.1 Å². The maximum absolute atomic E-state index is 13.6. The summed E-state index contributed by atoms with van der Waals surface area (Å²) in [5, 5.41) is 9.76. The van der Waals surface area contributed by atoms with E-state index >= 15 is 0 Å². The molecule has 0 unspecified atom stereocenters. The summed E-state index contributed by atoms with van der Waals surface area (Å²) >= 11 is 3.54. The first-order chi connectivity index (χ1) is 16.0. The number of carbonyl (C=O) groups excluding carboxylic acids is 1. The number of para-hydroxylation sites is 1. The fourth-order valence-corrected chi connectivity index (χ4v) is 5.19. The summed E-state index contributed by atoms with van der Waals surface area (Å²) in [6, 6.07) is 19.0. The fourth-order valence-electron chi connectivity index (χ4n) is 4.82. The van der Waals surface area contributed by atoms with Crippen molar-refractivity contribution in [2.24, 2.45) is 5.10 Å². The number of methoxy groups -OCH3 is 2. The Morgan fingerprint density at radius 3 is 2.70 bits per heavy atom. The van der Waals surface area contributed by atoms with Gasteiger partial charge >= 0.3 is 5.72 Å². The molecule has 0 aromatic heterocycles. The normalized spacial score (nSPS) is 22.2. The number of hydrazone groups is 1. The molecular weight excluding hydrogens is 486 g/mol. The Morgan fingerprint density at radius 2 is 1.94 bits per heavy atom. The van der Waals surface area contributed by atoms with E-state index in [9.17, 15) is 4.79 Å². The molecule has 2 atom stereocenters. The third-order valence-corrected chi connectivity index (χ3v) is 6.89. The summed E-state index contributed by atoms with van der Waals surface area (Å²) in [5.41, 5.74) is 2.75. The monoisotopic (exact) mass is 505 g/mol. The maximum atomic E-state index is 13.6. The number of halogens is 1. The molecule has 0 radical (unpaired) electrons. The van der Waals surface area contributed by atoms with Crippen LogP contribution in [-0.2, 0) is 10.5 Å². The van der Waals surface area contributed by atoms with Gasteiger partial charge in [0.2, 0.25) is 0 Å². The van der Waals surface area contributed by atoms with Crippen LogP contribution in [0.25, 0.3) is 0 Å². The highest BCUT2D eigenvalue weighted by molar-refractivity contribution is 9.10. The average Bonchev–Trinajstić information content (AvgIpc) is 3.40. The second kappa shape index (κ2) is 7.25. The Kier molecular flexibility index (Phi) is 4.42. The predicted molar refractivity (Wildman–Crippen MR) is 127 cm³/mol. The third-order valence-electron chi connectivity index (χ3n) is 6.40. The minimum absolute atomic E-state index is 0.198. The van der Waals surface area contributed by atoms with E-state index in [4.69, 9.17) is 19.3 Å². The molecule has 1 spiro atoms. The summed E-state index contributed by atoms with van der Waals surface area (Å²) in [4.78, 5) is 13.6. The molecule has 3 aliphatic rings. The average molecular weight is 506 g/mol. The molecule has 0 aliphatic carbocycles. The van der Waals surface area contributed by atoms with Gasteiger partial charge in [-0.05, 0) is 54.1 Å². The van der Waals surface area contributed by atoms with Gasteiger partial charge in [0, 0.05) is 16.5 Å². The van der Waals surface area contributed by atoms with Gasteiger partial charge in [0.1, 0.15) is 5.75 Å². The first-order valence-corrected chi connectivity index (χ1v) is 11.3. The Labute approximate surface area is 199 Å². The molecule has 3 aliphatic heterocycles. The van der Waals surface area contributed by atoms with Crippen LogP contribution in [0, 0.1) is 0 Å². The zero-order valence-electron chi connectivity index (χ0n) is 18.0. The summed E-state index contributed by atoms with van der Waals surface area (Å²) < 4.78 is 18.3. The molecule has 0 fully saturated rings.